The SMILES string of the molecule is O=C1C[C@@H](C(=O)N2CCCN(Cc3ccc(F)cc3)CC2)c2ccc(F)cc2N1. The largest absolute Gasteiger partial charge is 0.341 e. The van der Waals surface area contributed by atoms with Gasteiger partial charge in [-0.1, -0.05) is 18.2 Å². The topological polar surface area (TPSA) is 52.7 Å². The van der Waals surface area contributed by atoms with Crippen LogP contribution in [0.15, 0.2) is 42.5 Å². The number of amides is 2. The monoisotopic (exact) mass is 399 g/mol. The Morgan fingerprint density at radius 2 is 1.76 bits per heavy atom. The standard InChI is InChI=1S/C22H23F2N3O2/c23-16-4-2-15(3-5-16)14-26-8-1-9-27(11-10-26)22(29)19-13-21(28)25-20-12-17(24)6-7-18(19)20/h2-7,12,19H,1,8-11,13-14H2,(H,25,28)/t19-/m1/s1. The predicted octanol–water partition coefficient (Wildman–Crippen LogP) is 3.13. The molecule has 0 aromatic heterocycles. The van der Waals surface area contributed by atoms with Crippen molar-refractivity contribution in [1.82, 2.24) is 9.80 Å². The fourth-order valence-electron chi connectivity index (χ4n) is 4.08. The van der Waals surface area contributed by atoms with Crippen LogP contribution in [0, 0.1) is 11.6 Å². The molecule has 29 heavy (non-hydrogen) atoms. The molecule has 2 heterocycles. The highest BCUT2D eigenvalue weighted by molar-refractivity contribution is 6.01. The van der Waals surface area contributed by atoms with Crippen molar-refractivity contribution in [3.05, 3.63) is 65.2 Å². The highest BCUT2D eigenvalue weighted by atomic mass is 19.1. The number of nitrogens with one attached hydrogen (secondary N) is 1. The number of carbonyl (C=O) groups is 2. The van der Waals surface area contributed by atoms with Gasteiger partial charge < -0.3 is 10.2 Å². The number of benzene rings is 2. The minimum atomic E-state index is -0.581. The number of hydrogen-bond acceptors (Lipinski definition) is 3. The van der Waals surface area contributed by atoms with Crippen LogP contribution in [0.25, 0.3) is 0 Å². The molecular formula is C22H23F2N3O2. The minimum absolute atomic E-state index is 0.0766. The number of halogens is 2. The zero-order valence-corrected chi connectivity index (χ0v) is 16.0. The molecule has 5 nitrogen and oxygen atoms in total. The van der Waals surface area contributed by atoms with Gasteiger partial charge in [-0.05, 0) is 41.8 Å². The Hall–Kier alpha value is -2.80. The van der Waals surface area contributed by atoms with Crippen molar-refractivity contribution < 1.29 is 18.4 Å². The lowest BCUT2D eigenvalue weighted by Gasteiger charge is -2.30. The third kappa shape index (κ3) is 4.45. The quantitative estimate of drug-likeness (QED) is 0.863. The van der Waals surface area contributed by atoms with Gasteiger partial charge in [0.25, 0.3) is 0 Å². The molecular weight excluding hydrogens is 376 g/mol. The van der Waals surface area contributed by atoms with Crippen molar-refractivity contribution in [3.8, 4) is 0 Å². The molecule has 1 fully saturated rings. The smallest absolute Gasteiger partial charge is 0.230 e. The van der Waals surface area contributed by atoms with Crippen LogP contribution in [0.5, 0.6) is 0 Å². The molecule has 1 N–H and O–H groups in total. The summed E-state index contributed by atoms with van der Waals surface area (Å²) in [5.41, 5.74) is 2.09. The third-order valence-corrected chi connectivity index (χ3v) is 5.57. The predicted molar refractivity (Wildman–Crippen MR) is 105 cm³/mol. The second-order valence-electron chi connectivity index (χ2n) is 7.62. The highest BCUT2D eigenvalue weighted by Crippen LogP contribution is 2.34. The van der Waals surface area contributed by atoms with Gasteiger partial charge in [0.2, 0.25) is 11.8 Å². The number of fused-ring (bicyclic) bond motifs is 1. The Balaban J connectivity index is 1.43. The van der Waals surface area contributed by atoms with E-state index in [2.05, 4.69) is 10.2 Å². The highest BCUT2D eigenvalue weighted by Gasteiger charge is 2.34. The van der Waals surface area contributed by atoms with E-state index in [9.17, 15) is 18.4 Å². The van der Waals surface area contributed by atoms with Gasteiger partial charge in [-0.25, -0.2) is 8.78 Å². The van der Waals surface area contributed by atoms with E-state index in [0.29, 0.717) is 37.4 Å². The maximum atomic E-state index is 13.5. The third-order valence-electron chi connectivity index (χ3n) is 5.57. The molecule has 4 rings (SSSR count). The van der Waals surface area contributed by atoms with Crippen molar-refractivity contribution >= 4 is 17.5 Å². The van der Waals surface area contributed by atoms with Crippen LogP contribution >= 0.6 is 0 Å². The Morgan fingerprint density at radius 3 is 2.55 bits per heavy atom. The van der Waals surface area contributed by atoms with Gasteiger partial charge in [-0.15, -0.1) is 0 Å². The van der Waals surface area contributed by atoms with Crippen molar-refractivity contribution in [3.63, 3.8) is 0 Å². The van der Waals surface area contributed by atoms with Crippen molar-refractivity contribution in [2.24, 2.45) is 0 Å². The Morgan fingerprint density at radius 1 is 1.00 bits per heavy atom. The first-order valence-corrected chi connectivity index (χ1v) is 9.84. The number of hydrogen-bond donors (Lipinski definition) is 1. The molecule has 2 aromatic carbocycles. The summed E-state index contributed by atoms with van der Waals surface area (Å²) in [6, 6.07) is 10.6. The van der Waals surface area contributed by atoms with Crippen molar-refractivity contribution in [2.75, 3.05) is 31.5 Å². The number of carbonyl (C=O) groups excluding carboxylic acids is 2. The average Bonchev–Trinajstić information content (AvgIpc) is 2.94. The zero-order chi connectivity index (χ0) is 20.4. The molecule has 7 heteroatoms. The van der Waals surface area contributed by atoms with E-state index >= 15 is 0 Å². The molecule has 2 aromatic rings. The van der Waals surface area contributed by atoms with Crippen LogP contribution < -0.4 is 5.32 Å². The van der Waals surface area contributed by atoms with E-state index in [0.717, 1.165) is 18.5 Å². The lowest BCUT2D eigenvalue weighted by Crippen LogP contribution is -2.40. The first kappa shape index (κ1) is 19.5. The van der Waals surface area contributed by atoms with Crippen LogP contribution in [-0.2, 0) is 16.1 Å². The van der Waals surface area contributed by atoms with E-state index in [1.54, 1.807) is 23.1 Å². The van der Waals surface area contributed by atoms with Gasteiger partial charge in [0.05, 0.1) is 5.92 Å². The molecule has 0 saturated carbocycles. The Labute approximate surface area is 168 Å². The first-order chi connectivity index (χ1) is 14.0. The second-order valence-corrected chi connectivity index (χ2v) is 7.62. The van der Waals surface area contributed by atoms with Crippen molar-refractivity contribution in [2.45, 2.75) is 25.3 Å². The minimum Gasteiger partial charge on any atom is -0.341 e. The first-order valence-electron chi connectivity index (χ1n) is 9.84. The maximum Gasteiger partial charge on any atom is 0.230 e. The second kappa shape index (κ2) is 8.29. The van der Waals surface area contributed by atoms with Gasteiger partial charge in [-0.3, -0.25) is 14.5 Å². The molecule has 1 saturated heterocycles. The molecule has 0 unspecified atom stereocenters. The van der Waals surface area contributed by atoms with E-state index in [1.807, 2.05) is 0 Å². The Bertz CT molecular complexity index is 917. The van der Waals surface area contributed by atoms with Gasteiger partial charge in [0.15, 0.2) is 0 Å². The summed E-state index contributed by atoms with van der Waals surface area (Å²) in [6.07, 6.45) is 0.898. The lowest BCUT2D eigenvalue weighted by molar-refractivity contribution is -0.134. The van der Waals surface area contributed by atoms with E-state index in [1.165, 1.54) is 24.3 Å². The lowest BCUT2D eigenvalue weighted by atomic mass is 9.89. The maximum absolute atomic E-state index is 13.5. The van der Waals surface area contributed by atoms with Gasteiger partial charge in [-0.2, -0.15) is 0 Å². The van der Waals surface area contributed by atoms with Gasteiger partial charge in [0.1, 0.15) is 11.6 Å². The summed E-state index contributed by atoms with van der Waals surface area (Å²) >= 11 is 0. The van der Waals surface area contributed by atoms with E-state index in [4.69, 9.17) is 0 Å². The summed E-state index contributed by atoms with van der Waals surface area (Å²) in [6.45, 7) is 3.44. The number of anilines is 1. The van der Waals surface area contributed by atoms with Crippen molar-refractivity contribution in [1.29, 1.82) is 0 Å². The fourth-order valence-corrected chi connectivity index (χ4v) is 4.08. The summed E-state index contributed by atoms with van der Waals surface area (Å²) in [5, 5.41) is 2.65. The molecule has 0 spiro atoms. The molecule has 2 amide bonds. The molecule has 152 valence electrons. The van der Waals surface area contributed by atoms with Crippen LogP contribution in [0.2, 0.25) is 0 Å². The molecule has 0 radical (unpaired) electrons. The van der Waals surface area contributed by atoms with E-state index in [-0.39, 0.29) is 24.1 Å². The molecule has 1 atom stereocenters. The van der Waals surface area contributed by atoms with Gasteiger partial charge >= 0.3 is 0 Å². The normalized spacial score (nSPS) is 20.0. The molecule has 2 aliphatic heterocycles. The number of rotatable bonds is 3. The zero-order valence-electron chi connectivity index (χ0n) is 16.0. The fraction of sp³-hybridized carbons (Fsp3) is 0.364. The van der Waals surface area contributed by atoms with Crippen LogP contribution in [-0.4, -0.2) is 47.8 Å². The summed E-state index contributed by atoms with van der Waals surface area (Å²) in [4.78, 5) is 29.3. The van der Waals surface area contributed by atoms with Crippen LogP contribution in [0.1, 0.15) is 29.9 Å². The summed E-state index contributed by atoms with van der Waals surface area (Å²) in [5.74, 6) is -1.63. The average molecular weight is 399 g/mol. The Kier molecular flexibility index (Phi) is 5.58. The van der Waals surface area contributed by atoms with Crippen LogP contribution in [0.3, 0.4) is 0 Å². The molecule has 2 aliphatic rings. The van der Waals surface area contributed by atoms with Gasteiger partial charge in [0, 0.05) is 44.8 Å². The van der Waals surface area contributed by atoms with Crippen LogP contribution in [0.4, 0.5) is 14.5 Å². The van der Waals surface area contributed by atoms with E-state index < -0.39 is 11.7 Å². The summed E-state index contributed by atoms with van der Waals surface area (Å²) in [7, 11) is 0. The number of nitrogens with zero attached hydrogens (tertiary/aromatic N) is 2. The molecule has 0 bridgehead atoms. The summed E-state index contributed by atoms with van der Waals surface area (Å²) < 4.78 is 26.6. The molecule has 0 aliphatic carbocycles.